The number of carbonyl (C=O) groups is 1. The molecule has 0 radical (unpaired) electrons. The van der Waals surface area contributed by atoms with E-state index < -0.39 is 5.56 Å². The van der Waals surface area contributed by atoms with Gasteiger partial charge in [-0.1, -0.05) is 42.5 Å². The number of benzene rings is 1. The SMILES string of the molecule is CC1CCCN(c2nn3c(C(=O)NCCCN4CCc5ccccc5C4)cc(=O)nc3s2)C1. The average molecular weight is 467 g/mol. The Hall–Kier alpha value is -2.78. The summed E-state index contributed by atoms with van der Waals surface area (Å²) >= 11 is 1.37. The van der Waals surface area contributed by atoms with Crippen LogP contribution in [0.4, 0.5) is 5.13 Å². The number of amides is 1. The second-order valence-electron chi connectivity index (χ2n) is 9.16. The van der Waals surface area contributed by atoms with Gasteiger partial charge in [-0.15, -0.1) is 5.10 Å². The van der Waals surface area contributed by atoms with Crippen molar-refractivity contribution in [3.63, 3.8) is 0 Å². The minimum absolute atomic E-state index is 0.254. The Labute approximate surface area is 197 Å². The number of rotatable bonds is 6. The van der Waals surface area contributed by atoms with Crippen LogP contribution >= 0.6 is 11.3 Å². The Bertz CT molecular complexity index is 1210. The normalized spacial score (nSPS) is 18.9. The highest BCUT2D eigenvalue weighted by Crippen LogP contribution is 2.27. The van der Waals surface area contributed by atoms with Gasteiger partial charge in [-0.25, -0.2) is 0 Å². The number of nitrogens with one attached hydrogen (secondary N) is 1. The van der Waals surface area contributed by atoms with E-state index in [1.165, 1.54) is 39.5 Å². The highest BCUT2D eigenvalue weighted by Gasteiger charge is 2.22. The van der Waals surface area contributed by atoms with Crippen LogP contribution in [-0.2, 0) is 13.0 Å². The molecule has 4 heterocycles. The van der Waals surface area contributed by atoms with Crippen LogP contribution in [0.15, 0.2) is 35.1 Å². The lowest BCUT2D eigenvalue weighted by Crippen LogP contribution is -2.35. The highest BCUT2D eigenvalue weighted by molar-refractivity contribution is 7.20. The molecule has 2 aliphatic rings. The van der Waals surface area contributed by atoms with Crippen molar-refractivity contribution in [3.05, 3.63) is 57.5 Å². The Morgan fingerprint density at radius 3 is 2.94 bits per heavy atom. The topological polar surface area (TPSA) is 82.8 Å². The number of carbonyl (C=O) groups excluding carboxylic acids is 1. The van der Waals surface area contributed by atoms with Gasteiger partial charge in [0.25, 0.3) is 11.5 Å². The second-order valence-corrected chi connectivity index (χ2v) is 10.1. The molecular formula is C24H30N6O2S. The summed E-state index contributed by atoms with van der Waals surface area (Å²) in [7, 11) is 0. The van der Waals surface area contributed by atoms with Gasteiger partial charge in [0.2, 0.25) is 10.1 Å². The van der Waals surface area contributed by atoms with E-state index in [4.69, 9.17) is 0 Å². The van der Waals surface area contributed by atoms with Gasteiger partial charge in [0.15, 0.2) is 0 Å². The molecule has 33 heavy (non-hydrogen) atoms. The van der Waals surface area contributed by atoms with E-state index in [0.717, 1.165) is 57.1 Å². The fraction of sp³-hybridized carbons (Fsp3) is 0.500. The van der Waals surface area contributed by atoms with Gasteiger partial charge in [0.05, 0.1) is 0 Å². The number of hydrogen-bond acceptors (Lipinski definition) is 7. The minimum Gasteiger partial charge on any atom is -0.351 e. The van der Waals surface area contributed by atoms with Crippen LogP contribution in [-0.4, -0.2) is 58.1 Å². The van der Waals surface area contributed by atoms with Crippen LogP contribution < -0.4 is 15.8 Å². The molecule has 2 aliphatic heterocycles. The van der Waals surface area contributed by atoms with E-state index in [1.54, 1.807) is 0 Å². The predicted molar refractivity (Wildman–Crippen MR) is 130 cm³/mol. The van der Waals surface area contributed by atoms with Crippen LogP contribution in [0.25, 0.3) is 4.96 Å². The molecule has 1 saturated heterocycles. The lowest BCUT2D eigenvalue weighted by atomic mass is 10.00. The smallest absolute Gasteiger partial charge is 0.274 e. The van der Waals surface area contributed by atoms with Crippen molar-refractivity contribution in [3.8, 4) is 0 Å². The van der Waals surface area contributed by atoms with Gasteiger partial charge in [-0.05, 0) is 42.7 Å². The van der Waals surface area contributed by atoms with Gasteiger partial charge >= 0.3 is 0 Å². The number of aromatic nitrogens is 3. The molecule has 0 saturated carbocycles. The molecule has 9 heteroatoms. The van der Waals surface area contributed by atoms with Crippen LogP contribution in [0.3, 0.4) is 0 Å². The maximum absolute atomic E-state index is 12.9. The van der Waals surface area contributed by atoms with Crippen molar-refractivity contribution in [1.29, 1.82) is 0 Å². The van der Waals surface area contributed by atoms with Gasteiger partial charge in [-0.3, -0.25) is 14.5 Å². The molecule has 0 bridgehead atoms. The van der Waals surface area contributed by atoms with Gasteiger partial charge in [0, 0.05) is 45.3 Å². The first kappa shape index (κ1) is 22.0. The summed E-state index contributed by atoms with van der Waals surface area (Å²) in [6.07, 6.45) is 4.26. The van der Waals surface area contributed by atoms with Crippen LogP contribution in [0.1, 0.15) is 47.8 Å². The lowest BCUT2D eigenvalue weighted by molar-refractivity contribution is 0.0943. The van der Waals surface area contributed by atoms with Crippen molar-refractivity contribution < 1.29 is 4.79 Å². The monoisotopic (exact) mass is 466 g/mol. The molecule has 8 nitrogen and oxygen atoms in total. The van der Waals surface area contributed by atoms with Gasteiger partial charge < -0.3 is 10.2 Å². The lowest BCUT2D eigenvalue weighted by Gasteiger charge is -2.30. The Morgan fingerprint density at radius 2 is 2.09 bits per heavy atom. The van der Waals surface area contributed by atoms with Crippen LogP contribution in [0, 0.1) is 5.92 Å². The molecule has 1 aromatic carbocycles. The first-order chi connectivity index (χ1) is 16.1. The first-order valence-corrected chi connectivity index (χ1v) is 12.6. The summed E-state index contributed by atoms with van der Waals surface area (Å²) in [6, 6.07) is 9.88. The molecule has 1 unspecified atom stereocenters. The molecule has 0 aliphatic carbocycles. The fourth-order valence-corrected chi connectivity index (χ4v) is 5.74. The maximum atomic E-state index is 12.9. The number of anilines is 1. The Kier molecular flexibility index (Phi) is 6.41. The Balaban J connectivity index is 1.21. The summed E-state index contributed by atoms with van der Waals surface area (Å²) in [6.45, 7) is 7.60. The quantitative estimate of drug-likeness (QED) is 0.563. The predicted octanol–water partition coefficient (Wildman–Crippen LogP) is 2.57. The summed E-state index contributed by atoms with van der Waals surface area (Å²) < 4.78 is 1.53. The largest absolute Gasteiger partial charge is 0.351 e. The second kappa shape index (κ2) is 9.61. The van der Waals surface area contributed by atoms with Crippen molar-refractivity contribution in [2.75, 3.05) is 37.6 Å². The molecule has 0 spiro atoms. The molecule has 2 aromatic heterocycles. The van der Waals surface area contributed by atoms with Crippen LogP contribution in [0.5, 0.6) is 0 Å². The summed E-state index contributed by atoms with van der Waals surface area (Å²) in [5.41, 5.74) is 2.68. The standard InChI is InChI=1S/C24H30N6O2S/c1-17-6-4-12-29(15-17)24-27-30-20(14-21(31)26-23(30)33-24)22(32)25-10-5-11-28-13-9-18-7-2-3-8-19(18)16-28/h2-3,7-8,14,17H,4-6,9-13,15-16H2,1H3,(H,25,32). The van der Waals surface area contributed by atoms with E-state index in [9.17, 15) is 9.59 Å². The molecule has 174 valence electrons. The van der Waals surface area contributed by atoms with Gasteiger partial charge in [-0.2, -0.15) is 9.50 Å². The third kappa shape index (κ3) is 4.94. The van der Waals surface area contributed by atoms with Crippen molar-refractivity contribution in [2.45, 2.75) is 39.2 Å². The number of nitrogens with zero attached hydrogens (tertiary/aromatic N) is 5. The van der Waals surface area contributed by atoms with E-state index in [1.807, 2.05) is 0 Å². The number of piperidine rings is 1. The van der Waals surface area contributed by atoms with E-state index in [0.29, 0.717) is 17.4 Å². The third-order valence-corrected chi connectivity index (χ3v) is 7.52. The van der Waals surface area contributed by atoms with E-state index >= 15 is 0 Å². The first-order valence-electron chi connectivity index (χ1n) is 11.8. The average Bonchev–Trinajstić information content (AvgIpc) is 3.25. The molecular weight excluding hydrogens is 436 g/mol. The van der Waals surface area contributed by atoms with E-state index in [2.05, 4.69) is 56.4 Å². The fourth-order valence-electron chi connectivity index (χ4n) is 4.80. The zero-order chi connectivity index (χ0) is 22.8. The van der Waals surface area contributed by atoms with Crippen LogP contribution in [0.2, 0.25) is 0 Å². The van der Waals surface area contributed by atoms with Crippen molar-refractivity contribution in [1.82, 2.24) is 24.8 Å². The third-order valence-electron chi connectivity index (χ3n) is 6.55. The molecule has 1 amide bonds. The van der Waals surface area contributed by atoms with Crippen molar-refractivity contribution in [2.24, 2.45) is 5.92 Å². The summed E-state index contributed by atoms with van der Waals surface area (Å²) in [5, 5.41) is 8.44. The molecule has 5 rings (SSSR count). The van der Waals surface area contributed by atoms with Crippen molar-refractivity contribution >= 4 is 27.3 Å². The number of fused-ring (bicyclic) bond motifs is 2. The van der Waals surface area contributed by atoms with Gasteiger partial charge in [0.1, 0.15) is 5.69 Å². The molecule has 1 atom stereocenters. The minimum atomic E-state index is -0.408. The zero-order valence-electron chi connectivity index (χ0n) is 19.0. The zero-order valence-corrected chi connectivity index (χ0v) is 19.8. The summed E-state index contributed by atoms with van der Waals surface area (Å²) in [4.78, 5) is 34.2. The number of hydrogen-bond donors (Lipinski definition) is 1. The molecule has 3 aromatic rings. The molecule has 1 N–H and O–H groups in total. The summed E-state index contributed by atoms with van der Waals surface area (Å²) in [5.74, 6) is 0.326. The Morgan fingerprint density at radius 1 is 1.24 bits per heavy atom. The highest BCUT2D eigenvalue weighted by atomic mass is 32.1. The van der Waals surface area contributed by atoms with E-state index in [-0.39, 0.29) is 11.6 Å². The maximum Gasteiger partial charge on any atom is 0.274 e. The molecule has 1 fully saturated rings.